The van der Waals surface area contributed by atoms with Gasteiger partial charge in [-0.25, -0.2) is 32.3 Å². The average molecular weight is 494 g/mol. The van der Waals surface area contributed by atoms with E-state index in [4.69, 9.17) is 19.9 Å². The fraction of sp³-hybridized carbons (Fsp3) is 0.273. The molecule has 0 amide bonds. The Morgan fingerprint density at radius 3 is 2.57 bits per heavy atom. The summed E-state index contributed by atoms with van der Waals surface area (Å²) in [7, 11) is 1.03. The minimum atomic E-state index is -3.49. The predicted molar refractivity (Wildman–Crippen MR) is 118 cm³/mol. The van der Waals surface area contributed by atoms with Crippen LogP contribution in [0.25, 0.3) is 5.69 Å². The number of esters is 1. The van der Waals surface area contributed by atoms with Crippen LogP contribution in [0.15, 0.2) is 46.1 Å². The maximum absolute atomic E-state index is 14.8. The van der Waals surface area contributed by atoms with E-state index in [2.05, 4.69) is 4.98 Å². The van der Waals surface area contributed by atoms with Gasteiger partial charge < -0.3 is 19.9 Å². The average Bonchev–Trinajstić information content (AvgIpc) is 2.78. The van der Waals surface area contributed by atoms with Crippen molar-refractivity contribution < 1.29 is 32.2 Å². The van der Waals surface area contributed by atoms with Crippen molar-refractivity contribution in [2.75, 3.05) is 18.9 Å². The van der Waals surface area contributed by atoms with Crippen molar-refractivity contribution in [1.82, 2.24) is 14.1 Å². The topological polar surface area (TPSA) is 128 Å². The first-order valence-electron chi connectivity index (χ1n) is 10.2. The number of nitrogens with two attached hydrogens (primary N) is 1. The number of hydrogen-bond acceptors (Lipinski definition) is 8. The number of aromatic nitrogens is 3. The van der Waals surface area contributed by atoms with Gasteiger partial charge in [-0.1, -0.05) is 0 Å². The molecule has 2 heterocycles. The van der Waals surface area contributed by atoms with E-state index in [9.17, 15) is 27.6 Å². The summed E-state index contributed by atoms with van der Waals surface area (Å²) < 4.78 is 59.0. The summed E-state index contributed by atoms with van der Waals surface area (Å²) in [6.45, 7) is 1.84. The van der Waals surface area contributed by atoms with Crippen LogP contribution in [0.5, 0.6) is 17.4 Å². The minimum Gasteiger partial charge on any atom is -0.463 e. The van der Waals surface area contributed by atoms with Gasteiger partial charge in [0.1, 0.15) is 5.82 Å². The van der Waals surface area contributed by atoms with E-state index < -0.39 is 46.9 Å². The van der Waals surface area contributed by atoms with Crippen molar-refractivity contribution in [3.8, 4) is 23.1 Å². The summed E-state index contributed by atoms with van der Waals surface area (Å²) in [5.74, 6) is -5.55. The van der Waals surface area contributed by atoms with E-state index in [1.54, 1.807) is 6.92 Å². The zero-order valence-corrected chi connectivity index (χ0v) is 18.9. The van der Waals surface area contributed by atoms with Crippen molar-refractivity contribution >= 4 is 11.7 Å². The molecular weight excluding hydrogens is 473 g/mol. The Labute approximate surface area is 196 Å². The summed E-state index contributed by atoms with van der Waals surface area (Å²) in [4.78, 5) is 40.8. The molecule has 3 aromatic rings. The lowest BCUT2D eigenvalue weighted by atomic mass is 10.2. The van der Waals surface area contributed by atoms with Gasteiger partial charge in [0.15, 0.2) is 18.1 Å². The smallest absolute Gasteiger partial charge is 0.344 e. The number of benzene rings is 1. The molecule has 13 heteroatoms. The largest absolute Gasteiger partial charge is 0.463 e. The fourth-order valence-corrected chi connectivity index (χ4v) is 3.10. The fourth-order valence-electron chi connectivity index (χ4n) is 3.10. The van der Waals surface area contributed by atoms with Gasteiger partial charge in [0, 0.05) is 38.4 Å². The van der Waals surface area contributed by atoms with Gasteiger partial charge in [0.25, 0.3) is 17.4 Å². The van der Waals surface area contributed by atoms with E-state index in [-0.39, 0.29) is 29.7 Å². The molecule has 0 saturated heterocycles. The third kappa shape index (κ3) is 5.45. The number of ether oxygens (including phenoxy) is 3. The highest BCUT2D eigenvalue weighted by Gasteiger charge is 2.30. The zero-order valence-electron chi connectivity index (χ0n) is 18.9. The first-order chi connectivity index (χ1) is 16.4. The van der Waals surface area contributed by atoms with Crippen LogP contribution in [0.3, 0.4) is 0 Å². The Balaban J connectivity index is 2.05. The molecule has 0 atom stereocenters. The van der Waals surface area contributed by atoms with Crippen LogP contribution in [0.4, 0.5) is 18.9 Å². The second-order valence-electron chi connectivity index (χ2n) is 7.28. The number of rotatable bonds is 8. The third-order valence-electron chi connectivity index (χ3n) is 4.68. The van der Waals surface area contributed by atoms with Crippen LogP contribution in [-0.2, 0) is 22.5 Å². The number of alkyl halides is 2. The third-order valence-corrected chi connectivity index (χ3v) is 4.68. The Kier molecular flexibility index (Phi) is 7.17. The summed E-state index contributed by atoms with van der Waals surface area (Å²) in [5, 5.41) is 0. The molecule has 3 rings (SSSR count). The van der Waals surface area contributed by atoms with Crippen LogP contribution < -0.4 is 26.5 Å². The van der Waals surface area contributed by atoms with Gasteiger partial charge >= 0.3 is 11.7 Å². The Morgan fingerprint density at radius 2 is 1.91 bits per heavy atom. The van der Waals surface area contributed by atoms with Gasteiger partial charge in [-0.15, -0.1) is 0 Å². The number of carbonyl (C=O) groups excluding carboxylic acids is 1. The molecule has 0 saturated carbocycles. The highest BCUT2D eigenvalue weighted by atomic mass is 19.3. The Morgan fingerprint density at radius 1 is 1.20 bits per heavy atom. The van der Waals surface area contributed by atoms with Gasteiger partial charge in [0.2, 0.25) is 0 Å². The molecule has 2 aromatic heterocycles. The standard InChI is InChI=1S/C22H21F3N4O6/c1-4-33-19(31)11-34-20-15(6-5-7-27-20)35-16-9-14(12(23)8-13(16)26)29-18(30)10-17(22(2,24)25)28(3)21(29)32/h5-10H,4,11,26H2,1-3H3. The first-order valence-corrected chi connectivity index (χ1v) is 10.2. The first kappa shape index (κ1) is 25.3. The molecule has 0 unspecified atom stereocenters. The molecule has 10 nitrogen and oxygen atoms in total. The number of pyridine rings is 1. The van der Waals surface area contributed by atoms with E-state index in [0.717, 1.165) is 19.2 Å². The highest BCUT2D eigenvalue weighted by Crippen LogP contribution is 2.35. The van der Waals surface area contributed by atoms with E-state index in [1.165, 1.54) is 18.3 Å². The van der Waals surface area contributed by atoms with Gasteiger partial charge in [-0.05, 0) is 19.1 Å². The minimum absolute atomic E-state index is 0.0257. The van der Waals surface area contributed by atoms with Crippen molar-refractivity contribution in [3.63, 3.8) is 0 Å². The predicted octanol–water partition coefficient (Wildman–Crippen LogP) is 2.50. The maximum atomic E-state index is 14.8. The number of nitrogen functional groups attached to an aromatic ring is 1. The molecule has 0 aliphatic rings. The Bertz CT molecular complexity index is 1380. The molecule has 0 aliphatic heterocycles. The maximum Gasteiger partial charge on any atom is 0.344 e. The van der Waals surface area contributed by atoms with E-state index >= 15 is 0 Å². The molecule has 1 aromatic carbocycles. The van der Waals surface area contributed by atoms with Crippen LogP contribution in [0, 0.1) is 5.82 Å². The SMILES string of the molecule is CCOC(=O)COc1ncccc1Oc1cc(-n2c(=O)cc(C(C)(F)F)n(C)c2=O)c(F)cc1N. The van der Waals surface area contributed by atoms with Crippen molar-refractivity contribution in [2.24, 2.45) is 7.05 Å². The van der Waals surface area contributed by atoms with Crippen LogP contribution >= 0.6 is 0 Å². The molecule has 0 aliphatic carbocycles. The molecule has 0 radical (unpaired) electrons. The molecule has 0 spiro atoms. The summed E-state index contributed by atoms with van der Waals surface area (Å²) >= 11 is 0. The van der Waals surface area contributed by atoms with Crippen molar-refractivity contribution in [2.45, 2.75) is 19.8 Å². The number of hydrogen-bond donors (Lipinski definition) is 1. The van der Waals surface area contributed by atoms with Gasteiger partial charge in [0.05, 0.1) is 23.7 Å². The zero-order chi connectivity index (χ0) is 25.9. The normalized spacial score (nSPS) is 11.3. The number of anilines is 1. The monoisotopic (exact) mass is 494 g/mol. The quantitative estimate of drug-likeness (QED) is 0.374. The van der Waals surface area contributed by atoms with E-state index in [1.807, 2.05) is 0 Å². The second-order valence-corrected chi connectivity index (χ2v) is 7.28. The van der Waals surface area contributed by atoms with Gasteiger partial charge in [-0.3, -0.25) is 9.36 Å². The van der Waals surface area contributed by atoms with Crippen LogP contribution in [0.1, 0.15) is 19.5 Å². The molecule has 2 N–H and O–H groups in total. The molecule has 35 heavy (non-hydrogen) atoms. The van der Waals surface area contributed by atoms with Gasteiger partial charge in [-0.2, -0.15) is 0 Å². The number of halogens is 3. The summed E-state index contributed by atoms with van der Waals surface area (Å²) in [6.07, 6.45) is 1.36. The van der Waals surface area contributed by atoms with Crippen LogP contribution in [-0.4, -0.2) is 33.3 Å². The Hall–Kier alpha value is -4.29. The second kappa shape index (κ2) is 9.91. The highest BCUT2D eigenvalue weighted by molar-refractivity contribution is 5.71. The van der Waals surface area contributed by atoms with Crippen LogP contribution in [0.2, 0.25) is 0 Å². The number of carbonyl (C=O) groups is 1. The lowest BCUT2D eigenvalue weighted by molar-refractivity contribution is -0.145. The summed E-state index contributed by atoms with van der Waals surface area (Å²) in [6, 6.07) is 5.20. The van der Waals surface area contributed by atoms with Crippen molar-refractivity contribution in [3.05, 3.63) is 68.9 Å². The lowest BCUT2D eigenvalue weighted by Gasteiger charge is -2.17. The molecule has 186 valence electrons. The molecule has 0 fully saturated rings. The molecular formula is C22H21F3N4O6. The van der Waals surface area contributed by atoms with E-state index in [0.29, 0.717) is 22.1 Å². The summed E-state index contributed by atoms with van der Waals surface area (Å²) in [5.41, 5.74) is 1.83. The lowest BCUT2D eigenvalue weighted by Crippen LogP contribution is -2.41. The number of nitrogens with zero attached hydrogens (tertiary/aromatic N) is 3. The van der Waals surface area contributed by atoms with Crippen molar-refractivity contribution in [1.29, 1.82) is 0 Å². The molecule has 0 bridgehead atoms.